The van der Waals surface area contributed by atoms with Crippen LogP contribution in [-0.2, 0) is 34.3 Å². The van der Waals surface area contributed by atoms with Gasteiger partial charge in [0.05, 0.1) is 13.2 Å². The van der Waals surface area contributed by atoms with Crippen LogP contribution in [0.5, 0.6) is 0 Å². The molecule has 12 aromatic carbocycles. The van der Waals surface area contributed by atoms with Gasteiger partial charge in [-0.2, -0.15) is 0 Å². The predicted octanol–water partition coefficient (Wildman–Crippen LogP) is 9.54. The van der Waals surface area contributed by atoms with E-state index >= 15 is 0 Å². The lowest BCUT2D eigenvalue weighted by Gasteiger charge is -2.45. The van der Waals surface area contributed by atoms with Crippen LogP contribution in [0.2, 0.25) is 0 Å². The Morgan fingerprint density at radius 1 is 0.442 bits per heavy atom. The maximum atomic E-state index is 7.11. The molecule has 192 valence electrons. The van der Waals surface area contributed by atoms with E-state index in [2.05, 4.69) is 30.3 Å². The van der Waals surface area contributed by atoms with Gasteiger partial charge in [-0.15, -0.1) is 0 Å². The predicted molar refractivity (Wildman–Crippen MR) is 174 cm³/mol. The molecule has 1 aliphatic heterocycles. The summed E-state index contributed by atoms with van der Waals surface area (Å²) in [6.07, 6.45) is 2.95. The summed E-state index contributed by atoms with van der Waals surface area (Å²) in [5.41, 5.74) is 10.1. The van der Waals surface area contributed by atoms with E-state index in [-0.39, 0.29) is 6.10 Å². The van der Waals surface area contributed by atoms with Crippen LogP contribution in [-0.4, -0.2) is 13.2 Å². The van der Waals surface area contributed by atoms with E-state index in [1.165, 1.54) is 60.1 Å². The van der Waals surface area contributed by atoms with Crippen LogP contribution >= 0.6 is 0 Å². The first-order valence-corrected chi connectivity index (χ1v) is 16.1. The lowest BCUT2D eigenvalue weighted by Crippen LogP contribution is -2.44. The second-order valence-corrected chi connectivity index (χ2v) is 15.1. The molecule has 0 saturated carbocycles. The van der Waals surface area contributed by atoms with Crippen LogP contribution in [0.25, 0.3) is 118 Å². The van der Waals surface area contributed by atoms with Crippen molar-refractivity contribution in [3.8, 4) is 0 Å². The standard InChI is InChI=1S/C41H16O2/c1-2-43-41-10-17-8-15-6-12-3-11-4-14-5-13-7-16-9-18(40(41)42-1)26-31-22(16)21(13)28-23(14)27-19(11)20(12)29-24(15)30-25(17)39(41)38(26)37-35(30)33(29)32(27)34(28)36(31)37/h4-6,8-9,40H,1-3,7,10H2. The zero-order valence-corrected chi connectivity index (χ0v) is 22.8. The van der Waals surface area contributed by atoms with Gasteiger partial charge in [-0.3, -0.25) is 0 Å². The number of rotatable bonds is 0. The molecule has 1 saturated heterocycles. The highest BCUT2D eigenvalue weighted by molar-refractivity contribution is 6.65. The molecule has 5 aliphatic rings. The van der Waals surface area contributed by atoms with Crippen molar-refractivity contribution in [1.29, 1.82) is 0 Å². The van der Waals surface area contributed by atoms with Crippen LogP contribution in [0.15, 0.2) is 30.3 Å². The van der Waals surface area contributed by atoms with Gasteiger partial charge < -0.3 is 9.47 Å². The zero-order chi connectivity index (χ0) is 26.3. The minimum absolute atomic E-state index is 0.0518. The fraction of sp³-hybridized carbons (Fsp3) is 0.171. The first-order valence-electron chi connectivity index (χ1n) is 16.1. The Morgan fingerprint density at radius 2 is 0.930 bits per heavy atom. The largest absolute Gasteiger partial charge is 0.368 e. The van der Waals surface area contributed by atoms with Gasteiger partial charge in [0.2, 0.25) is 0 Å². The van der Waals surface area contributed by atoms with Crippen molar-refractivity contribution in [3.05, 3.63) is 69.3 Å². The van der Waals surface area contributed by atoms with Crippen molar-refractivity contribution in [3.63, 3.8) is 0 Å². The molecule has 43 heavy (non-hydrogen) atoms. The van der Waals surface area contributed by atoms with E-state index in [1.807, 2.05) is 0 Å². The molecule has 0 bridgehead atoms. The lowest BCUT2D eigenvalue weighted by molar-refractivity contribution is -0.210. The summed E-state index contributed by atoms with van der Waals surface area (Å²) in [4.78, 5) is 0. The van der Waals surface area contributed by atoms with E-state index < -0.39 is 5.60 Å². The van der Waals surface area contributed by atoms with Gasteiger partial charge >= 0.3 is 0 Å². The molecule has 1 fully saturated rings. The van der Waals surface area contributed by atoms with Gasteiger partial charge in [0.1, 0.15) is 11.7 Å². The number of ether oxygens (including phenoxy) is 2. The molecule has 17 rings (SSSR count). The molecule has 4 aliphatic carbocycles. The van der Waals surface area contributed by atoms with Crippen molar-refractivity contribution in [1.82, 2.24) is 0 Å². The SMILES string of the molecule is c1c2c3c4c5c6c(cc7cc8c9c%10c(cc%11cc%12c%13c(c1C%12)c3c1c4c3c6c7c9c3c3c%10c%11c%13c13)C8)CC51OCCOC21. The first kappa shape index (κ1) is 18.2. The normalized spacial score (nSPS) is 24.0. The third-order valence-corrected chi connectivity index (χ3v) is 13.9. The van der Waals surface area contributed by atoms with Crippen LogP contribution < -0.4 is 0 Å². The molecule has 1 spiro atoms. The second-order valence-electron chi connectivity index (χ2n) is 15.1. The Balaban J connectivity index is 1.43. The Morgan fingerprint density at radius 3 is 1.56 bits per heavy atom. The summed E-state index contributed by atoms with van der Waals surface area (Å²) in [5, 5.41) is 34.1. The van der Waals surface area contributed by atoms with E-state index in [4.69, 9.17) is 9.47 Å². The van der Waals surface area contributed by atoms with E-state index in [0.29, 0.717) is 13.2 Å². The van der Waals surface area contributed by atoms with Gasteiger partial charge in [0.15, 0.2) is 0 Å². The molecule has 2 heteroatoms. The van der Waals surface area contributed by atoms with Crippen molar-refractivity contribution in [2.75, 3.05) is 13.2 Å². The highest BCUT2D eigenvalue weighted by Crippen LogP contribution is 2.71. The average molecular weight is 541 g/mol. The summed E-state index contributed by atoms with van der Waals surface area (Å²) in [6.45, 7) is 1.34. The molecule has 0 aromatic heterocycles. The monoisotopic (exact) mass is 540 g/mol. The quantitative estimate of drug-likeness (QED) is 0.178. The van der Waals surface area contributed by atoms with Crippen LogP contribution in [0.1, 0.15) is 45.0 Å². The molecule has 0 amide bonds. The summed E-state index contributed by atoms with van der Waals surface area (Å²) >= 11 is 0. The topological polar surface area (TPSA) is 18.5 Å². The molecule has 2 nitrogen and oxygen atoms in total. The van der Waals surface area contributed by atoms with E-state index in [9.17, 15) is 0 Å². The Kier molecular flexibility index (Phi) is 1.98. The smallest absolute Gasteiger partial charge is 0.129 e. The first-order chi connectivity index (χ1) is 21.3. The highest BCUT2D eigenvalue weighted by Gasteiger charge is 2.56. The maximum Gasteiger partial charge on any atom is 0.129 e. The van der Waals surface area contributed by atoms with Gasteiger partial charge in [0.25, 0.3) is 0 Å². The molecule has 2 unspecified atom stereocenters. The molecule has 0 N–H and O–H groups in total. The van der Waals surface area contributed by atoms with E-state index in [0.717, 1.165) is 19.3 Å². The number of benzene rings is 9. The third kappa shape index (κ3) is 1.28. The second kappa shape index (κ2) is 4.66. The Labute approximate surface area is 241 Å². The fourth-order valence-electron chi connectivity index (χ4n) is 13.2. The fourth-order valence-corrected chi connectivity index (χ4v) is 13.2. The number of fused-ring (bicyclic) bond motifs is 1. The summed E-state index contributed by atoms with van der Waals surface area (Å²) in [7, 11) is 0. The lowest BCUT2D eigenvalue weighted by atomic mass is 9.75. The van der Waals surface area contributed by atoms with Gasteiger partial charge in [-0.25, -0.2) is 0 Å². The van der Waals surface area contributed by atoms with Crippen LogP contribution in [0, 0.1) is 0 Å². The van der Waals surface area contributed by atoms with Gasteiger partial charge in [0, 0.05) is 12.0 Å². The van der Waals surface area contributed by atoms with Crippen molar-refractivity contribution < 1.29 is 9.47 Å². The molecule has 0 radical (unpaired) electrons. The van der Waals surface area contributed by atoms with Gasteiger partial charge in [-0.1, -0.05) is 30.3 Å². The summed E-state index contributed by atoms with van der Waals surface area (Å²) in [5.74, 6) is 0. The van der Waals surface area contributed by atoms with Crippen LogP contribution in [0.4, 0.5) is 0 Å². The Hall–Kier alpha value is -4.50. The van der Waals surface area contributed by atoms with Crippen LogP contribution in [0.3, 0.4) is 0 Å². The average Bonchev–Trinajstić information content (AvgIpc) is 3.83. The van der Waals surface area contributed by atoms with Crippen molar-refractivity contribution in [2.45, 2.75) is 31.0 Å². The minimum Gasteiger partial charge on any atom is -0.368 e. The zero-order valence-electron chi connectivity index (χ0n) is 22.8. The van der Waals surface area contributed by atoms with E-state index in [1.54, 1.807) is 97.3 Å². The maximum absolute atomic E-state index is 7.11. The van der Waals surface area contributed by atoms with Crippen molar-refractivity contribution in [2.24, 2.45) is 0 Å². The molecular formula is C41H16O2. The van der Waals surface area contributed by atoms with Gasteiger partial charge in [-0.05, 0) is 165 Å². The number of hydrogen-bond donors (Lipinski definition) is 0. The Bertz CT molecular complexity index is 3420. The molecule has 1 heterocycles. The van der Waals surface area contributed by atoms with Crippen molar-refractivity contribution >= 4 is 118 Å². The summed E-state index contributed by atoms with van der Waals surface area (Å²) < 4.78 is 14.0. The molecular weight excluding hydrogens is 524 g/mol. The third-order valence-electron chi connectivity index (χ3n) is 13.9. The molecule has 12 aromatic rings. The molecule has 2 atom stereocenters. The number of hydrogen-bond acceptors (Lipinski definition) is 2. The minimum atomic E-state index is -0.429. The highest BCUT2D eigenvalue weighted by atomic mass is 16.6. The summed E-state index contributed by atoms with van der Waals surface area (Å²) in [6, 6.07) is 12.9.